The van der Waals surface area contributed by atoms with Crippen LogP contribution in [0, 0.1) is 29.8 Å². The number of hydrogen-bond acceptors (Lipinski definition) is 8. The highest BCUT2D eigenvalue weighted by Crippen LogP contribution is 2.44. The van der Waals surface area contributed by atoms with Gasteiger partial charge in [0.15, 0.2) is 11.6 Å². The summed E-state index contributed by atoms with van der Waals surface area (Å²) in [7, 11) is 0. The zero-order valence-electron chi connectivity index (χ0n) is 28.8. The number of aromatic nitrogens is 2. The molecule has 0 atom stereocenters. The van der Waals surface area contributed by atoms with E-state index in [4.69, 9.17) is 16.3 Å². The van der Waals surface area contributed by atoms with Crippen molar-refractivity contribution in [2.24, 2.45) is 5.41 Å². The molecule has 5 heterocycles. The standard InChI is InChI=1S/C39H32ClF3N6O4S/c1-21-14-28(35(47-46-21)48-19-39(20-48)9-12-53-13-10-39)36(50)44-26-5-2-22(3-6-26)38(52)49-11-8-23-15-32(54-34(23)27-7-4-24(41)18-31(27)49)37(51)45-33-29(40)16-25(42)17-30(33)43/h2-7,14-18H,8-13,19-20H2,1H3,(H,44,50)(H,45,51). The van der Waals surface area contributed by atoms with Crippen LogP contribution in [0.5, 0.6) is 0 Å². The number of amides is 3. The van der Waals surface area contributed by atoms with Crippen molar-refractivity contribution in [1.82, 2.24) is 10.2 Å². The number of nitrogens with zero attached hydrogens (tertiary/aromatic N) is 4. The van der Waals surface area contributed by atoms with Crippen LogP contribution in [0.3, 0.4) is 0 Å². The van der Waals surface area contributed by atoms with Crippen molar-refractivity contribution in [1.29, 1.82) is 0 Å². The van der Waals surface area contributed by atoms with E-state index < -0.39 is 23.4 Å². The molecule has 8 rings (SSSR count). The molecule has 5 aromatic rings. The predicted octanol–water partition coefficient (Wildman–Crippen LogP) is 7.91. The van der Waals surface area contributed by atoms with E-state index in [0.29, 0.717) is 56.9 Å². The molecule has 0 aliphatic carbocycles. The number of ether oxygens (including phenoxy) is 1. The number of halogens is 4. The third-order valence-corrected chi connectivity index (χ3v) is 11.6. The van der Waals surface area contributed by atoms with Gasteiger partial charge in [0.2, 0.25) is 0 Å². The number of benzene rings is 3. The molecule has 54 heavy (non-hydrogen) atoms. The zero-order chi connectivity index (χ0) is 37.7. The molecule has 10 nitrogen and oxygen atoms in total. The Morgan fingerprint density at radius 1 is 0.889 bits per heavy atom. The lowest BCUT2D eigenvalue weighted by Gasteiger charge is -2.52. The van der Waals surface area contributed by atoms with Crippen LogP contribution < -0.4 is 20.4 Å². The van der Waals surface area contributed by atoms with Crippen molar-refractivity contribution in [3.63, 3.8) is 0 Å². The van der Waals surface area contributed by atoms with Crippen molar-refractivity contribution in [2.75, 3.05) is 53.3 Å². The number of anilines is 4. The molecule has 2 saturated heterocycles. The molecule has 0 radical (unpaired) electrons. The number of aryl methyl sites for hydroxylation is 1. The third kappa shape index (κ3) is 6.80. The molecule has 276 valence electrons. The summed E-state index contributed by atoms with van der Waals surface area (Å²) in [5, 5.41) is 13.6. The van der Waals surface area contributed by atoms with Crippen molar-refractivity contribution >= 4 is 63.5 Å². The molecule has 0 saturated carbocycles. The summed E-state index contributed by atoms with van der Waals surface area (Å²) in [5.74, 6) is -3.30. The van der Waals surface area contributed by atoms with E-state index in [2.05, 4.69) is 25.7 Å². The largest absolute Gasteiger partial charge is 0.381 e. The number of nitrogens with one attached hydrogen (secondary N) is 2. The average molecular weight is 773 g/mol. The van der Waals surface area contributed by atoms with Gasteiger partial charge in [0.05, 0.1) is 32.5 Å². The molecule has 3 aromatic carbocycles. The van der Waals surface area contributed by atoms with Crippen molar-refractivity contribution in [3.05, 3.63) is 116 Å². The minimum atomic E-state index is -1.02. The second-order valence-electron chi connectivity index (χ2n) is 13.8. The highest BCUT2D eigenvalue weighted by atomic mass is 35.5. The van der Waals surface area contributed by atoms with E-state index >= 15 is 0 Å². The molecular weight excluding hydrogens is 741 g/mol. The monoisotopic (exact) mass is 772 g/mol. The van der Waals surface area contributed by atoms with Crippen molar-refractivity contribution < 1.29 is 32.3 Å². The lowest BCUT2D eigenvalue weighted by atomic mass is 9.73. The van der Waals surface area contributed by atoms with Gasteiger partial charge in [-0.1, -0.05) is 11.6 Å². The highest BCUT2D eigenvalue weighted by molar-refractivity contribution is 7.17. The van der Waals surface area contributed by atoms with Crippen molar-refractivity contribution in [2.45, 2.75) is 26.2 Å². The quantitative estimate of drug-likeness (QED) is 0.180. The Labute approximate surface area is 316 Å². The first kappa shape index (κ1) is 35.7. The van der Waals surface area contributed by atoms with Crippen LogP contribution in [-0.4, -0.2) is 60.8 Å². The van der Waals surface area contributed by atoms with Crippen LogP contribution in [0.25, 0.3) is 10.4 Å². The summed E-state index contributed by atoms with van der Waals surface area (Å²) in [6, 6.07) is 15.4. The van der Waals surface area contributed by atoms with E-state index in [0.717, 1.165) is 62.1 Å². The number of hydrogen-bond donors (Lipinski definition) is 2. The lowest BCUT2D eigenvalue weighted by Crippen LogP contribution is -2.59. The van der Waals surface area contributed by atoms with Gasteiger partial charge in [-0.15, -0.1) is 16.4 Å². The Bertz CT molecular complexity index is 2300. The van der Waals surface area contributed by atoms with E-state index in [1.807, 2.05) is 0 Å². The normalized spacial score (nSPS) is 15.9. The fourth-order valence-electron chi connectivity index (χ4n) is 7.24. The Morgan fingerprint density at radius 2 is 1.65 bits per heavy atom. The molecule has 2 fully saturated rings. The molecule has 3 aliphatic rings. The molecule has 0 bridgehead atoms. The fourth-order valence-corrected chi connectivity index (χ4v) is 8.62. The maximum Gasteiger partial charge on any atom is 0.265 e. The molecular formula is C39H32ClF3N6O4S. The SMILES string of the molecule is Cc1cc(C(=O)Nc2ccc(C(=O)N3CCc4cc(C(=O)Nc5c(F)cc(F)cc5Cl)sc4-c4ccc(F)cc43)cc2)c(N2CC3(CCOCC3)C2)nn1. The Balaban J connectivity index is 0.990. The van der Waals surface area contributed by atoms with E-state index in [9.17, 15) is 27.6 Å². The minimum Gasteiger partial charge on any atom is -0.381 e. The van der Waals surface area contributed by atoms with Gasteiger partial charge >= 0.3 is 0 Å². The number of carbonyl (C=O) groups is 3. The van der Waals surface area contributed by atoms with Gasteiger partial charge in [0.1, 0.15) is 11.6 Å². The van der Waals surface area contributed by atoms with Gasteiger partial charge in [-0.25, -0.2) is 13.2 Å². The second kappa shape index (κ2) is 14.2. The topological polar surface area (TPSA) is 117 Å². The van der Waals surface area contributed by atoms with Gasteiger partial charge in [-0.05, 0) is 92.4 Å². The van der Waals surface area contributed by atoms with E-state index in [1.165, 1.54) is 17.0 Å². The van der Waals surface area contributed by atoms with Gasteiger partial charge in [-0.2, -0.15) is 5.10 Å². The summed E-state index contributed by atoms with van der Waals surface area (Å²) >= 11 is 7.08. The summed E-state index contributed by atoms with van der Waals surface area (Å²) in [5.41, 5.74) is 3.23. The van der Waals surface area contributed by atoms with Crippen LogP contribution >= 0.6 is 22.9 Å². The van der Waals surface area contributed by atoms with Crippen molar-refractivity contribution in [3.8, 4) is 10.4 Å². The zero-order valence-corrected chi connectivity index (χ0v) is 30.4. The minimum absolute atomic E-state index is 0.166. The highest BCUT2D eigenvalue weighted by Gasteiger charge is 2.45. The summed E-state index contributed by atoms with van der Waals surface area (Å²) < 4.78 is 48.2. The number of thiophene rings is 1. The number of fused-ring (bicyclic) bond motifs is 3. The Kier molecular flexibility index (Phi) is 9.36. The summed E-state index contributed by atoms with van der Waals surface area (Å²) in [6.45, 7) is 4.98. The molecule has 15 heteroatoms. The molecule has 1 spiro atoms. The van der Waals surface area contributed by atoms with Gasteiger partial charge in [0, 0.05) is 66.0 Å². The molecule has 3 amide bonds. The second-order valence-corrected chi connectivity index (χ2v) is 15.2. The maximum absolute atomic E-state index is 14.7. The van der Waals surface area contributed by atoms with E-state index in [1.54, 1.807) is 49.4 Å². The summed E-state index contributed by atoms with van der Waals surface area (Å²) in [6.07, 6.45) is 2.27. The summed E-state index contributed by atoms with van der Waals surface area (Å²) in [4.78, 5) is 45.2. The number of carbonyl (C=O) groups excluding carboxylic acids is 3. The lowest BCUT2D eigenvalue weighted by molar-refractivity contribution is -0.000564. The first-order chi connectivity index (χ1) is 26.0. The fraction of sp³-hybridized carbons (Fsp3) is 0.256. The van der Waals surface area contributed by atoms with Gasteiger partial charge < -0.3 is 25.2 Å². The number of rotatable bonds is 6. The van der Waals surface area contributed by atoms with Crippen LogP contribution in [-0.2, 0) is 11.2 Å². The maximum atomic E-state index is 14.7. The average Bonchev–Trinajstić information content (AvgIpc) is 3.50. The molecule has 2 N–H and O–H groups in total. The van der Waals surface area contributed by atoms with Gasteiger partial charge in [-0.3, -0.25) is 14.4 Å². The molecule has 0 unspecified atom stereocenters. The first-order valence-electron chi connectivity index (χ1n) is 17.3. The molecule has 3 aliphatic heterocycles. The van der Waals surface area contributed by atoms with E-state index in [-0.39, 0.29) is 39.4 Å². The third-order valence-electron chi connectivity index (χ3n) is 10.1. The van der Waals surface area contributed by atoms with Crippen LogP contribution in [0.15, 0.2) is 66.7 Å². The molecule has 2 aromatic heterocycles. The van der Waals surface area contributed by atoms with Crippen LogP contribution in [0.1, 0.15) is 54.5 Å². The van der Waals surface area contributed by atoms with Crippen LogP contribution in [0.4, 0.5) is 36.1 Å². The van der Waals surface area contributed by atoms with Crippen LogP contribution in [0.2, 0.25) is 5.02 Å². The van der Waals surface area contributed by atoms with Gasteiger partial charge in [0.25, 0.3) is 17.7 Å². The first-order valence-corrected chi connectivity index (χ1v) is 18.5. The smallest absolute Gasteiger partial charge is 0.265 e. The Hall–Kier alpha value is -5.31. The predicted molar refractivity (Wildman–Crippen MR) is 200 cm³/mol. The Morgan fingerprint density at radius 3 is 2.39 bits per heavy atom.